The summed E-state index contributed by atoms with van der Waals surface area (Å²) in [6.07, 6.45) is 0. The van der Waals surface area contributed by atoms with Crippen LogP contribution in [0.2, 0.25) is 0 Å². The lowest BCUT2D eigenvalue weighted by Crippen LogP contribution is -2.71. The molecule has 0 radical (unpaired) electrons. The van der Waals surface area contributed by atoms with Crippen LogP contribution in [0.4, 0.5) is 0 Å². The highest BCUT2D eigenvalue weighted by molar-refractivity contribution is 8.01. The van der Waals surface area contributed by atoms with Gasteiger partial charge in [-0.1, -0.05) is 30.3 Å². The molecule has 2 heterocycles. The van der Waals surface area contributed by atoms with Gasteiger partial charge in [0.1, 0.15) is 30.1 Å². The minimum atomic E-state index is -1.49. The van der Waals surface area contributed by atoms with E-state index in [4.69, 9.17) is 23.7 Å². The highest BCUT2D eigenvalue weighted by Gasteiger charge is 2.66. The van der Waals surface area contributed by atoms with Crippen molar-refractivity contribution in [2.45, 2.75) is 62.9 Å². The molecular formula is C38H35N3O15S. The molecule has 0 bridgehead atoms. The van der Waals surface area contributed by atoms with E-state index in [2.05, 4.69) is 10.6 Å². The molecule has 0 aromatic heterocycles. The molecule has 19 heteroatoms. The lowest BCUT2D eigenvalue weighted by atomic mass is 9.94. The van der Waals surface area contributed by atoms with Gasteiger partial charge in [-0.25, -0.2) is 9.59 Å². The Labute approximate surface area is 328 Å². The molecule has 0 saturated carbocycles. The van der Waals surface area contributed by atoms with Crippen LogP contribution >= 0.6 is 11.8 Å². The van der Waals surface area contributed by atoms with Crippen LogP contribution in [-0.4, -0.2) is 92.4 Å². The van der Waals surface area contributed by atoms with Gasteiger partial charge in [0.15, 0.2) is 23.0 Å². The Morgan fingerprint density at radius 3 is 1.79 bits per heavy atom. The third-order valence-corrected chi connectivity index (χ3v) is 10.0. The van der Waals surface area contributed by atoms with E-state index in [1.807, 2.05) is 0 Å². The number of ether oxygens (including phenoxy) is 5. The molecule has 0 aliphatic carbocycles. The Balaban J connectivity index is 1.32. The maximum absolute atomic E-state index is 13.9. The van der Waals surface area contributed by atoms with Gasteiger partial charge in [0, 0.05) is 33.3 Å². The largest absolute Gasteiger partial charge is 0.480 e. The quantitative estimate of drug-likeness (QED) is 0.127. The lowest BCUT2D eigenvalue weighted by molar-refractivity contribution is -0.161. The number of amides is 3. The lowest BCUT2D eigenvalue weighted by Gasteiger charge is -2.44. The number of thioether (sulfide) groups is 1. The summed E-state index contributed by atoms with van der Waals surface area (Å²) in [7, 11) is 0. The van der Waals surface area contributed by atoms with E-state index in [1.165, 1.54) is 31.2 Å². The number of carboxylic acids is 1. The summed E-state index contributed by atoms with van der Waals surface area (Å²) < 4.78 is 24.3. The Morgan fingerprint density at radius 2 is 1.26 bits per heavy atom. The van der Waals surface area contributed by atoms with Gasteiger partial charge in [0.2, 0.25) is 11.8 Å². The molecule has 18 nitrogen and oxygen atoms in total. The van der Waals surface area contributed by atoms with Crippen molar-refractivity contribution < 1.29 is 71.9 Å². The summed E-state index contributed by atoms with van der Waals surface area (Å²) in [5.74, 6) is -8.36. The molecule has 5 atom stereocenters. The number of carboxylic acid groups (broad SMARTS) is 1. The number of esters is 5. The van der Waals surface area contributed by atoms with Gasteiger partial charge in [-0.05, 0) is 48.9 Å². The number of nitrogens with zero attached hydrogens (tertiary/aromatic N) is 1. The van der Waals surface area contributed by atoms with E-state index in [0.29, 0.717) is 5.56 Å². The third kappa shape index (κ3) is 9.38. The summed E-state index contributed by atoms with van der Waals surface area (Å²) in [4.78, 5) is 114. The molecule has 5 rings (SSSR count). The number of hydrogen-bond donors (Lipinski definition) is 3. The van der Waals surface area contributed by atoms with Gasteiger partial charge < -0.3 is 44.3 Å². The molecule has 2 fully saturated rings. The van der Waals surface area contributed by atoms with Gasteiger partial charge in [0.25, 0.3) is 5.91 Å². The summed E-state index contributed by atoms with van der Waals surface area (Å²) in [5.41, 5.74) is 0.119. The molecule has 57 heavy (non-hydrogen) atoms. The summed E-state index contributed by atoms with van der Waals surface area (Å²) in [6.45, 7) is 5.43. The first-order valence-corrected chi connectivity index (χ1v) is 17.8. The molecule has 3 N–H and O–H groups in total. The van der Waals surface area contributed by atoms with E-state index in [9.17, 15) is 48.3 Å². The van der Waals surface area contributed by atoms with Crippen LogP contribution in [0, 0.1) is 0 Å². The van der Waals surface area contributed by atoms with Gasteiger partial charge in [-0.15, -0.1) is 11.8 Å². The molecule has 2 aliphatic heterocycles. The molecule has 3 aromatic rings. The fourth-order valence-electron chi connectivity index (χ4n) is 6.07. The fourth-order valence-corrected chi connectivity index (χ4v) is 7.75. The number of fused-ring (bicyclic) bond motifs is 1. The number of rotatable bonds is 13. The first-order chi connectivity index (χ1) is 26.9. The zero-order chi connectivity index (χ0) is 41.8. The maximum atomic E-state index is 13.9. The third-order valence-electron chi connectivity index (χ3n) is 8.42. The average Bonchev–Trinajstić information content (AvgIpc) is 3.42. The average molecular weight is 806 g/mol. The Hall–Kier alpha value is -6.76. The molecule has 0 spiro atoms. The van der Waals surface area contributed by atoms with Gasteiger partial charge >= 0.3 is 35.8 Å². The number of β-lactam (4-membered cyclic amide) rings is 1. The summed E-state index contributed by atoms with van der Waals surface area (Å²) in [5, 5.41) is 14.5. The molecule has 3 amide bonds. The van der Waals surface area contributed by atoms with Crippen LogP contribution < -0.4 is 29.6 Å². The van der Waals surface area contributed by atoms with Crippen molar-refractivity contribution in [2.75, 3.05) is 6.61 Å². The predicted octanol–water partition coefficient (Wildman–Crippen LogP) is 2.33. The number of hydrogen-bond acceptors (Lipinski definition) is 15. The van der Waals surface area contributed by atoms with E-state index in [1.54, 1.807) is 30.3 Å². The van der Waals surface area contributed by atoms with Crippen molar-refractivity contribution in [3.63, 3.8) is 0 Å². The standard InChI is InChI=1S/C38H35N3O15S/c1-18(42)53-25-13-11-23(15-27(25)55-20(3)44)32(46)39-29(22-9-7-6-8-10-22)33(47)40-30-34(48)41-31(36(49)50)38(5,57-35(30)41)17-52-37(51)24-12-14-26(54-19(2)43)28(16-24)56-21(4)45/h6-16,29-31,35H,17H2,1-5H3,(H,39,46)(H,40,47)(H,49,50)/t29?,30-,31+,35-,38+/m1/s1. The second-order valence-electron chi connectivity index (χ2n) is 12.9. The second kappa shape index (κ2) is 16.9. The van der Waals surface area contributed by atoms with Crippen molar-refractivity contribution in [3.8, 4) is 23.0 Å². The molecule has 2 aliphatic rings. The zero-order valence-electron chi connectivity index (χ0n) is 30.9. The Morgan fingerprint density at radius 1 is 0.754 bits per heavy atom. The Kier molecular flexibility index (Phi) is 12.3. The number of benzene rings is 3. The highest BCUT2D eigenvalue weighted by Crippen LogP contribution is 2.51. The first kappa shape index (κ1) is 41.4. The number of nitrogens with one attached hydrogen (secondary N) is 2. The first-order valence-electron chi connectivity index (χ1n) is 17.0. The minimum Gasteiger partial charge on any atom is -0.480 e. The van der Waals surface area contributed by atoms with Gasteiger partial charge in [-0.3, -0.25) is 33.6 Å². The topological polar surface area (TPSA) is 247 Å². The predicted molar refractivity (Wildman–Crippen MR) is 195 cm³/mol. The number of carbonyl (C=O) groups is 9. The normalized spacial score (nSPS) is 19.8. The van der Waals surface area contributed by atoms with Crippen molar-refractivity contribution in [3.05, 3.63) is 83.4 Å². The van der Waals surface area contributed by atoms with Gasteiger partial charge in [0.05, 0.1) is 10.3 Å². The maximum Gasteiger partial charge on any atom is 0.338 e. The molecule has 2 saturated heterocycles. The number of carbonyl (C=O) groups excluding carboxylic acids is 8. The van der Waals surface area contributed by atoms with Crippen molar-refractivity contribution in [2.24, 2.45) is 0 Å². The minimum absolute atomic E-state index is 0.0781. The molecule has 3 aromatic carbocycles. The monoisotopic (exact) mass is 805 g/mol. The van der Waals surface area contributed by atoms with E-state index in [0.717, 1.165) is 56.5 Å². The van der Waals surface area contributed by atoms with Crippen LogP contribution in [0.5, 0.6) is 23.0 Å². The van der Waals surface area contributed by atoms with Crippen LogP contribution in [0.25, 0.3) is 0 Å². The van der Waals surface area contributed by atoms with Crippen molar-refractivity contribution in [1.29, 1.82) is 0 Å². The van der Waals surface area contributed by atoms with E-state index < -0.39 is 88.4 Å². The van der Waals surface area contributed by atoms with E-state index in [-0.39, 0.29) is 34.1 Å². The van der Waals surface area contributed by atoms with Crippen LogP contribution in [0.3, 0.4) is 0 Å². The van der Waals surface area contributed by atoms with Crippen LogP contribution in [0.1, 0.15) is 66.9 Å². The highest BCUT2D eigenvalue weighted by atomic mass is 32.2. The fraction of sp³-hybridized carbons (Fsp3) is 0.289. The van der Waals surface area contributed by atoms with Crippen LogP contribution in [0.15, 0.2) is 66.7 Å². The SMILES string of the molecule is CC(=O)Oc1ccc(C(=O)NC(C(=O)N[C@@H]2C(=O)N3[C@@H]2S[C@@](C)(COC(=O)c2ccc(OC(C)=O)c(OC(C)=O)c2)[C@@H]3C(=O)O)c2ccccc2)cc1OC(C)=O. The van der Waals surface area contributed by atoms with E-state index >= 15 is 0 Å². The smallest absolute Gasteiger partial charge is 0.338 e. The Bertz CT molecular complexity index is 2180. The summed E-state index contributed by atoms with van der Waals surface area (Å²) >= 11 is 0.982. The molecule has 1 unspecified atom stereocenters. The zero-order valence-corrected chi connectivity index (χ0v) is 31.7. The second-order valence-corrected chi connectivity index (χ2v) is 14.5. The van der Waals surface area contributed by atoms with Crippen molar-refractivity contribution >= 4 is 65.3 Å². The van der Waals surface area contributed by atoms with Gasteiger partial charge in [-0.2, -0.15) is 0 Å². The molecular weight excluding hydrogens is 770 g/mol. The molecule has 298 valence electrons. The summed E-state index contributed by atoms with van der Waals surface area (Å²) in [6, 6.07) is 11.1. The van der Waals surface area contributed by atoms with Crippen LogP contribution in [-0.2, 0) is 38.3 Å². The number of aliphatic carboxylic acids is 1. The van der Waals surface area contributed by atoms with Crippen molar-refractivity contribution in [1.82, 2.24) is 15.5 Å².